The van der Waals surface area contributed by atoms with Crippen molar-refractivity contribution in [3.05, 3.63) is 36.5 Å². The molecule has 7 atom stereocenters. The molecule has 6 N–H and O–H groups in total. The van der Waals surface area contributed by atoms with E-state index in [1.165, 1.54) is 327 Å². The van der Waals surface area contributed by atoms with Crippen molar-refractivity contribution in [2.24, 2.45) is 0 Å². The molecule has 1 amide bonds. The molecule has 0 aromatic rings. The molecular formula is C84H159NO10. The van der Waals surface area contributed by atoms with Gasteiger partial charge in [-0.3, -0.25) is 9.59 Å². The molecule has 0 radical (unpaired) electrons. The fourth-order valence-electron chi connectivity index (χ4n) is 13.5. The van der Waals surface area contributed by atoms with Crippen molar-refractivity contribution in [3.63, 3.8) is 0 Å². The van der Waals surface area contributed by atoms with Crippen molar-refractivity contribution in [1.29, 1.82) is 0 Å². The van der Waals surface area contributed by atoms with E-state index in [0.717, 1.165) is 70.6 Å². The first-order valence-electron chi connectivity index (χ1n) is 41.8. The van der Waals surface area contributed by atoms with Crippen molar-refractivity contribution < 1.29 is 49.3 Å². The highest BCUT2D eigenvalue weighted by atomic mass is 16.7. The second kappa shape index (κ2) is 73.1. The lowest BCUT2D eigenvalue weighted by atomic mass is 9.99. The Labute approximate surface area is 587 Å². The van der Waals surface area contributed by atoms with Crippen LogP contribution in [0.4, 0.5) is 0 Å². The molecule has 95 heavy (non-hydrogen) atoms. The Morgan fingerprint density at radius 2 is 0.684 bits per heavy atom. The Kier molecular flexibility index (Phi) is 69.9. The minimum absolute atomic E-state index is 0.0229. The van der Waals surface area contributed by atoms with Gasteiger partial charge in [0.15, 0.2) is 6.29 Å². The maximum Gasteiger partial charge on any atom is 0.305 e. The van der Waals surface area contributed by atoms with Crippen LogP contribution in [0, 0.1) is 0 Å². The predicted molar refractivity (Wildman–Crippen MR) is 403 cm³/mol. The van der Waals surface area contributed by atoms with E-state index in [0.29, 0.717) is 19.4 Å². The smallest absolute Gasteiger partial charge is 0.305 e. The predicted octanol–water partition coefficient (Wildman–Crippen LogP) is 22.9. The Bertz CT molecular complexity index is 1670. The van der Waals surface area contributed by atoms with Crippen LogP contribution in [0.2, 0.25) is 0 Å². The van der Waals surface area contributed by atoms with E-state index in [4.69, 9.17) is 14.2 Å². The van der Waals surface area contributed by atoms with Gasteiger partial charge in [0.25, 0.3) is 0 Å². The SMILES string of the molecule is CCC/C=C/CC/C=C/CC/C=C/C(O)C(COC1OC(CO)C(O)C(O)C1O)NC(=O)CCCCCCCCCCCCCCCCCCCCCCCCCCCCCCCCCCCCCCCCCOC(=O)CCCCCCCCCCCCCCCCCCC. The Balaban J connectivity index is 1.84. The quantitative estimate of drug-likeness (QED) is 0.0195. The second-order valence-electron chi connectivity index (χ2n) is 29.2. The van der Waals surface area contributed by atoms with Gasteiger partial charge in [-0.25, -0.2) is 0 Å². The molecule has 1 heterocycles. The molecule has 11 nitrogen and oxygen atoms in total. The highest BCUT2D eigenvalue weighted by Crippen LogP contribution is 2.24. The van der Waals surface area contributed by atoms with Gasteiger partial charge >= 0.3 is 5.97 Å². The van der Waals surface area contributed by atoms with E-state index in [1.54, 1.807) is 6.08 Å². The molecule has 0 aromatic carbocycles. The molecule has 1 rings (SSSR count). The fraction of sp³-hybridized carbons (Fsp3) is 0.905. The second-order valence-corrected chi connectivity index (χ2v) is 29.2. The van der Waals surface area contributed by atoms with Crippen molar-refractivity contribution in [3.8, 4) is 0 Å². The van der Waals surface area contributed by atoms with Crippen LogP contribution in [0.25, 0.3) is 0 Å². The summed E-state index contributed by atoms with van der Waals surface area (Å²) in [6, 6.07) is -0.829. The van der Waals surface area contributed by atoms with Crippen molar-refractivity contribution in [2.45, 2.75) is 468 Å². The van der Waals surface area contributed by atoms with Gasteiger partial charge in [-0.1, -0.05) is 397 Å². The van der Waals surface area contributed by atoms with E-state index in [1.807, 2.05) is 6.08 Å². The van der Waals surface area contributed by atoms with E-state index in [2.05, 4.69) is 43.5 Å². The van der Waals surface area contributed by atoms with Gasteiger partial charge in [-0.05, 0) is 51.4 Å². The molecule has 0 bridgehead atoms. The van der Waals surface area contributed by atoms with Gasteiger partial charge in [-0.2, -0.15) is 0 Å². The Morgan fingerprint density at radius 1 is 0.379 bits per heavy atom. The zero-order valence-electron chi connectivity index (χ0n) is 62.7. The lowest BCUT2D eigenvalue weighted by Gasteiger charge is -2.40. The van der Waals surface area contributed by atoms with Crippen LogP contribution in [0.5, 0.6) is 0 Å². The van der Waals surface area contributed by atoms with Crippen LogP contribution < -0.4 is 5.32 Å². The topological polar surface area (TPSA) is 175 Å². The summed E-state index contributed by atoms with van der Waals surface area (Å²) < 4.78 is 16.8. The summed E-state index contributed by atoms with van der Waals surface area (Å²) in [5.41, 5.74) is 0. The van der Waals surface area contributed by atoms with Gasteiger partial charge in [0.2, 0.25) is 5.91 Å². The number of rotatable bonds is 75. The summed E-state index contributed by atoms with van der Waals surface area (Å²) >= 11 is 0. The van der Waals surface area contributed by atoms with Gasteiger partial charge in [0.1, 0.15) is 24.4 Å². The number of hydrogen-bond donors (Lipinski definition) is 6. The minimum atomic E-state index is -1.58. The summed E-state index contributed by atoms with van der Waals surface area (Å²) in [6.45, 7) is 4.31. The molecule has 0 aromatic heterocycles. The summed E-state index contributed by atoms with van der Waals surface area (Å²) in [5.74, 6) is -0.167. The van der Waals surface area contributed by atoms with Crippen LogP contribution in [0.1, 0.15) is 425 Å². The van der Waals surface area contributed by atoms with Gasteiger partial charge < -0.3 is 45.1 Å². The third-order valence-corrected chi connectivity index (χ3v) is 20.0. The first kappa shape index (κ1) is 90.9. The number of allylic oxidation sites excluding steroid dienone is 5. The average Bonchev–Trinajstić information content (AvgIpc) is 0.858. The molecular weight excluding hydrogens is 1180 g/mol. The van der Waals surface area contributed by atoms with E-state index in [-0.39, 0.29) is 18.5 Å². The number of ether oxygens (including phenoxy) is 3. The monoisotopic (exact) mass is 1340 g/mol. The summed E-state index contributed by atoms with van der Waals surface area (Å²) in [7, 11) is 0. The average molecular weight is 1340 g/mol. The third kappa shape index (κ3) is 61.5. The maximum atomic E-state index is 13.1. The molecule has 0 saturated carbocycles. The lowest BCUT2D eigenvalue weighted by Crippen LogP contribution is -2.60. The van der Waals surface area contributed by atoms with E-state index >= 15 is 0 Å². The number of aliphatic hydroxyl groups excluding tert-OH is 5. The molecule has 1 aliphatic heterocycles. The highest BCUT2D eigenvalue weighted by Gasteiger charge is 2.44. The molecule has 11 heteroatoms. The summed E-state index contributed by atoms with van der Waals surface area (Å²) in [6.07, 6.45) is 86.5. The molecule has 560 valence electrons. The maximum absolute atomic E-state index is 13.1. The number of carbonyl (C=O) groups excluding carboxylic acids is 2. The molecule has 1 aliphatic rings. The molecule has 1 fully saturated rings. The van der Waals surface area contributed by atoms with Crippen LogP contribution in [0.3, 0.4) is 0 Å². The zero-order valence-corrected chi connectivity index (χ0v) is 62.7. The first-order valence-corrected chi connectivity index (χ1v) is 41.8. The highest BCUT2D eigenvalue weighted by molar-refractivity contribution is 5.76. The number of amides is 1. The standard InChI is InChI=1S/C84H159NO10/c1-3-5-7-9-11-13-15-16-17-41-45-48-52-56-60-64-68-72-80(89)93-73-69-65-61-57-53-49-46-43-40-38-36-34-32-30-28-26-24-22-20-18-19-21-23-25-27-29-31-33-35-37-39-42-44-47-51-55-59-63-67-71-79(88)85-76(75-94-84-83(92)82(91)81(90)78(74-86)95-84)77(87)70-66-62-58-54-50-14-12-10-8-6-4-2/h8,10,50,54,66,70,76-78,81-84,86-87,90-92H,3-7,9,11-49,51-53,55-65,67-69,71-75H2,1-2H3,(H,85,88)/b10-8+,54-50+,70-66+. The van der Waals surface area contributed by atoms with E-state index in [9.17, 15) is 35.1 Å². The lowest BCUT2D eigenvalue weighted by molar-refractivity contribution is -0.302. The number of esters is 1. The Morgan fingerprint density at radius 3 is 1.02 bits per heavy atom. The van der Waals surface area contributed by atoms with Crippen LogP contribution in [0.15, 0.2) is 36.5 Å². The number of unbranched alkanes of at least 4 members (excludes halogenated alkanes) is 57. The summed E-state index contributed by atoms with van der Waals surface area (Å²) in [4.78, 5) is 25.2. The van der Waals surface area contributed by atoms with Crippen molar-refractivity contribution in [2.75, 3.05) is 19.8 Å². The van der Waals surface area contributed by atoms with Gasteiger partial charge in [0, 0.05) is 12.8 Å². The fourth-order valence-corrected chi connectivity index (χ4v) is 13.5. The minimum Gasteiger partial charge on any atom is -0.466 e. The van der Waals surface area contributed by atoms with E-state index < -0.39 is 49.5 Å². The molecule has 0 spiro atoms. The molecule has 1 saturated heterocycles. The zero-order chi connectivity index (χ0) is 68.6. The molecule has 7 unspecified atom stereocenters. The van der Waals surface area contributed by atoms with Gasteiger partial charge in [-0.15, -0.1) is 0 Å². The van der Waals surface area contributed by atoms with Gasteiger partial charge in [0.05, 0.1) is 32.0 Å². The number of carbonyl (C=O) groups is 2. The van der Waals surface area contributed by atoms with Crippen LogP contribution in [-0.4, -0.2) is 100 Å². The van der Waals surface area contributed by atoms with Crippen molar-refractivity contribution in [1.82, 2.24) is 5.32 Å². The third-order valence-electron chi connectivity index (χ3n) is 20.0. The number of aliphatic hydroxyl groups is 5. The Hall–Kier alpha value is -2.12. The summed E-state index contributed by atoms with van der Waals surface area (Å²) in [5, 5.41) is 54.4. The van der Waals surface area contributed by atoms with Crippen molar-refractivity contribution >= 4 is 11.9 Å². The van der Waals surface area contributed by atoms with Crippen LogP contribution in [-0.2, 0) is 23.8 Å². The van der Waals surface area contributed by atoms with Crippen LogP contribution >= 0.6 is 0 Å². The normalized spacial score (nSPS) is 17.5. The molecule has 0 aliphatic carbocycles. The number of hydrogen-bond acceptors (Lipinski definition) is 10. The first-order chi connectivity index (χ1) is 46.7. The largest absolute Gasteiger partial charge is 0.466 e. The number of nitrogens with one attached hydrogen (secondary N) is 1.